The Balaban J connectivity index is 2.30. The minimum Gasteiger partial charge on any atom is -0.341 e. The maximum Gasteiger partial charge on any atom is 0.219 e. The quantitative estimate of drug-likeness (QED) is 0.778. The summed E-state index contributed by atoms with van der Waals surface area (Å²) >= 11 is 3.33. The number of carbonyl (C=O) groups excluding carboxylic acids is 3. The fraction of sp³-hybridized carbons (Fsp3) is 0.333. The predicted molar refractivity (Wildman–Crippen MR) is 78.6 cm³/mol. The lowest BCUT2D eigenvalue weighted by atomic mass is 9.86. The van der Waals surface area contributed by atoms with Crippen LogP contribution in [0.15, 0.2) is 28.7 Å². The van der Waals surface area contributed by atoms with Gasteiger partial charge in [-0.15, -0.1) is 0 Å². The minimum atomic E-state index is -0.577. The number of hydrogen-bond acceptors (Lipinski definition) is 3. The number of Topliss-reactive ketones (excluding diaryl/α,β-unsaturated/α-hetero) is 1. The molecule has 0 spiro atoms. The Hall–Kier alpha value is -1.71. The summed E-state index contributed by atoms with van der Waals surface area (Å²) in [6.45, 7) is 2.16. The van der Waals surface area contributed by atoms with Gasteiger partial charge in [0, 0.05) is 30.9 Å². The molecular formula is C15H14BrNO3. The zero-order valence-electron chi connectivity index (χ0n) is 11.1. The van der Waals surface area contributed by atoms with Crippen molar-refractivity contribution in [3.05, 3.63) is 34.3 Å². The second-order valence-corrected chi connectivity index (χ2v) is 5.67. The molecule has 2 rings (SSSR count). The van der Waals surface area contributed by atoms with Gasteiger partial charge in [-0.25, -0.2) is 4.79 Å². The van der Waals surface area contributed by atoms with Crippen LogP contribution in [0, 0.1) is 5.92 Å². The predicted octanol–water partition coefficient (Wildman–Crippen LogP) is 2.10. The van der Waals surface area contributed by atoms with Crippen molar-refractivity contribution >= 4 is 39.1 Å². The van der Waals surface area contributed by atoms with Gasteiger partial charge < -0.3 is 4.90 Å². The van der Waals surface area contributed by atoms with E-state index in [2.05, 4.69) is 15.9 Å². The highest BCUT2D eigenvalue weighted by Gasteiger charge is 2.32. The zero-order valence-corrected chi connectivity index (χ0v) is 12.6. The summed E-state index contributed by atoms with van der Waals surface area (Å²) in [6, 6.07) is 7.15. The number of carbonyl (C=O) groups is 2. The van der Waals surface area contributed by atoms with Gasteiger partial charge in [0.05, 0.1) is 11.5 Å². The Morgan fingerprint density at radius 2 is 2.00 bits per heavy atom. The average molecular weight is 336 g/mol. The van der Waals surface area contributed by atoms with E-state index in [0.717, 1.165) is 4.47 Å². The molecule has 0 aromatic heterocycles. The lowest BCUT2D eigenvalue weighted by Gasteiger charge is -2.31. The van der Waals surface area contributed by atoms with Gasteiger partial charge in [-0.2, -0.15) is 0 Å². The van der Waals surface area contributed by atoms with Crippen LogP contribution in [0.25, 0.3) is 5.57 Å². The van der Waals surface area contributed by atoms with Crippen molar-refractivity contribution in [2.75, 3.05) is 13.1 Å². The van der Waals surface area contributed by atoms with Crippen molar-refractivity contribution in [2.45, 2.75) is 13.3 Å². The Morgan fingerprint density at radius 3 is 2.55 bits per heavy atom. The van der Waals surface area contributed by atoms with Crippen LogP contribution in [0.1, 0.15) is 18.9 Å². The topological polar surface area (TPSA) is 54.5 Å². The van der Waals surface area contributed by atoms with Gasteiger partial charge in [0.25, 0.3) is 0 Å². The molecule has 1 heterocycles. The van der Waals surface area contributed by atoms with Crippen LogP contribution in [0.4, 0.5) is 0 Å². The summed E-state index contributed by atoms with van der Waals surface area (Å²) < 4.78 is 0.895. The van der Waals surface area contributed by atoms with Crippen molar-refractivity contribution in [3.63, 3.8) is 0 Å². The first-order valence-corrected chi connectivity index (χ1v) is 7.11. The second-order valence-electron chi connectivity index (χ2n) is 4.76. The van der Waals surface area contributed by atoms with Crippen molar-refractivity contribution in [1.82, 2.24) is 4.90 Å². The van der Waals surface area contributed by atoms with Gasteiger partial charge in [0.2, 0.25) is 5.91 Å². The normalized spacial score (nSPS) is 18.6. The van der Waals surface area contributed by atoms with E-state index in [1.54, 1.807) is 17.0 Å². The van der Waals surface area contributed by atoms with Gasteiger partial charge in [-0.1, -0.05) is 28.1 Å². The fourth-order valence-electron chi connectivity index (χ4n) is 2.33. The summed E-state index contributed by atoms with van der Waals surface area (Å²) in [4.78, 5) is 36.4. The summed E-state index contributed by atoms with van der Waals surface area (Å²) in [6.07, 6.45) is 0.284. The zero-order chi connectivity index (χ0) is 14.7. The van der Waals surface area contributed by atoms with Crippen LogP contribution in [0.5, 0.6) is 0 Å². The number of halogens is 1. The number of likely N-dealkylation sites (tertiary alicyclic amines) is 1. The highest BCUT2D eigenvalue weighted by atomic mass is 79.9. The van der Waals surface area contributed by atoms with Gasteiger partial charge >= 0.3 is 0 Å². The van der Waals surface area contributed by atoms with Crippen molar-refractivity contribution in [3.8, 4) is 0 Å². The van der Waals surface area contributed by atoms with Crippen molar-refractivity contribution in [2.24, 2.45) is 5.92 Å². The molecule has 20 heavy (non-hydrogen) atoms. The van der Waals surface area contributed by atoms with Gasteiger partial charge in [0.15, 0.2) is 0 Å². The third kappa shape index (κ3) is 3.06. The smallest absolute Gasteiger partial charge is 0.219 e. The Labute approximate surface area is 125 Å². The maximum atomic E-state index is 12.1. The highest BCUT2D eigenvalue weighted by molar-refractivity contribution is 9.10. The molecule has 0 bridgehead atoms. The van der Waals surface area contributed by atoms with E-state index >= 15 is 0 Å². The van der Waals surface area contributed by atoms with E-state index in [-0.39, 0.29) is 24.7 Å². The molecule has 0 saturated carbocycles. The first kappa shape index (κ1) is 14.7. The fourth-order valence-corrected chi connectivity index (χ4v) is 2.60. The molecule has 104 valence electrons. The molecule has 1 aliphatic heterocycles. The molecule has 1 atom stereocenters. The molecule has 1 aromatic rings. The molecule has 1 amide bonds. The largest absolute Gasteiger partial charge is 0.341 e. The third-order valence-corrected chi connectivity index (χ3v) is 4.01. The average Bonchev–Trinajstić information content (AvgIpc) is 2.43. The number of ketones is 1. The molecule has 0 aliphatic carbocycles. The first-order chi connectivity index (χ1) is 9.52. The molecule has 1 aromatic carbocycles. The third-order valence-electron chi connectivity index (χ3n) is 3.48. The number of amides is 1. The van der Waals surface area contributed by atoms with Gasteiger partial charge in [0.1, 0.15) is 11.7 Å². The Morgan fingerprint density at radius 1 is 1.35 bits per heavy atom. The SMILES string of the molecule is CC(=O)N1CCC(=O)C(C(=C=O)c2ccc(Br)cc2)C1. The van der Waals surface area contributed by atoms with E-state index in [0.29, 0.717) is 17.7 Å². The van der Waals surface area contributed by atoms with E-state index in [1.165, 1.54) is 6.92 Å². The molecule has 0 N–H and O–H groups in total. The number of nitrogens with zero attached hydrogens (tertiary/aromatic N) is 1. The van der Waals surface area contributed by atoms with Gasteiger partial charge in [-0.3, -0.25) is 9.59 Å². The highest BCUT2D eigenvalue weighted by Crippen LogP contribution is 2.27. The molecule has 1 saturated heterocycles. The summed E-state index contributed by atoms with van der Waals surface area (Å²) in [5.41, 5.74) is 1.00. The summed E-state index contributed by atoms with van der Waals surface area (Å²) in [7, 11) is 0. The summed E-state index contributed by atoms with van der Waals surface area (Å²) in [5, 5.41) is 0. The lowest BCUT2D eigenvalue weighted by molar-refractivity contribution is -0.134. The molecule has 0 radical (unpaired) electrons. The number of rotatable bonds is 2. The monoisotopic (exact) mass is 335 g/mol. The summed E-state index contributed by atoms with van der Waals surface area (Å²) in [5.74, 6) is 1.22. The molecule has 4 nitrogen and oxygen atoms in total. The van der Waals surface area contributed by atoms with E-state index in [9.17, 15) is 14.4 Å². The van der Waals surface area contributed by atoms with Crippen LogP contribution in [-0.2, 0) is 14.4 Å². The lowest BCUT2D eigenvalue weighted by Crippen LogP contribution is -2.43. The van der Waals surface area contributed by atoms with E-state index in [1.807, 2.05) is 18.1 Å². The first-order valence-electron chi connectivity index (χ1n) is 6.32. The standard InChI is InChI=1S/C15H14BrNO3/c1-10(19)17-7-6-15(20)13(8-17)14(9-18)11-2-4-12(16)5-3-11/h2-5,13H,6-8H2,1H3. The molecule has 5 heteroatoms. The van der Waals surface area contributed by atoms with E-state index < -0.39 is 5.92 Å². The molecular weight excluding hydrogens is 322 g/mol. The number of benzene rings is 1. The van der Waals surface area contributed by atoms with Crippen molar-refractivity contribution < 1.29 is 14.4 Å². The second kappa shape index (κ2) is 6.16. The van der Waals surface area contributed by atoms with Crippen LogP contribution in [-0.4, -0.2) is 35.6 Å². The number of hydrogen-bond donors (Lipinski definition) is 0. The maximum absolute atomic E-state index is 12.1. The van der Waals surface area contributed by atoms with Crippen LogP contribution < -0.4 is 0 Å². The van der Waals surface area contributed by atoms with Gasteiger partial charge in [-0.05, 0) is 17.7 Å². The molecule has 1 unspecified atom stereocenters. The Kier molecular flexibility index (Phi) is 4.53. The van der Waals surface area contributed by atoms with E-state index in [4.69, 9.17) is 0 Å². The number of piperidine rings is 1. The minimum absolute atomic E-state index is 0.0104. The Bertz CT molecular complexity index is 588. The van der Waals surface area contributed by atoms with Crippen LogP contribution in [0.2, 0.25) is 0 Å². The van der Waals surface area contributed by atoms with Crippen LogP contribution in [0.3, 0.4) is 0 Å². The van der Waals surface area contributed by atoms with Crippen LogP contribution >= 0.6 is 15.9 Å². The molecule has 1 fully saturated rings. The molecule has 1 aliphatic rings. The van der Waals surface area contributed by atoms with Crippen molar-refractivity contribution in [1.29, 1.82) is 0 Å².